The Hall–Kier alpha value is -1.29. The third-order valence-electron chi connectivity index (χ3n) is 2.49. The van der Waals surface area contributed by atoms with E-state index in [0.29, 0.717) is 6.61 Å². The molecule has 1 aliphatic heterocycles. The predicted octanol–water partition coefficient (Wildman–Crippen LogP) is 1.01. The van der Waals surface area contributed by atoms with Crippen molar-refractivity contribution in [3.63, 3.8) is 0 Å². The Kier molecular flexibility index (Phi) is 2.78. The number of hydrogen-bond donors (Lipinski definition) is 0. The minimum absolute atomic E-state index is 0.0276. The average Bonchev–Trinajstić information content (AvgIpc) is 2.57. The molecule has 0 N–H and O–H groups in total. The van der Waals surface area contributed by atoms with Crippen LogP contribution < -0.4 is 10.2 Å². The van der Waals surface area contributed by atoms with Crippen LogP contribution in [0.4, 0.5) is 0 Å². The highest BCUT2D eigenvalue weighted by atomic mass is 16.5. The van der Waals surface area contributed by atoms with Crippen molar-refractivity contribution in [2.45, 2.75) is 20.4 Å². The summed E-state index contributed by atoms with van der Waals surface area (Å²) in [5.41, 5.74) is 2.37. The molecule has 4 heteroatoms. The number of fused-ring (bicyclic) bond motifs is 1. The van der Waals surface area contributed by atoms with E-state index < -0.39 is 0 Å². The lowest BCUT2D eigenvalue weighted by molar-refractivity contribution is -0.118. The van der Waals surface area contributed by atoms with E-state index in [0.717, 1.165) is 11.2 Å². The largest absolute Gasteiger partial charge is 0.486 e. The molecule has 0 aromatic heterocycles. The molecule has 0 saturated carbocycles. The quantitative estimate of drug-likeness (QED) is 0.689. The van der Waals surface area contributed by atoms with E-state index in [-0.39, 0.29) is 19.3 Å². The van der Waals surface area contributed by atoms with Crippen molar-refractivity contribution in [1.29, 1.82) is 0 Å². The van der Waals surface area contributed by atoms with Crippen molar-refractivity contribution in [1.82, 2.24) is 0 Å². The second-order valence-electron chi connectivity index (χ2n) is 3.80. The van der Waals surface area contributed by atoms with E-state index in [1.807, 2.05) is 25.0 Å². The van der Waals surface area contributed by atoms with Crippen LogP contribution in [-0.2, 0) is 16.1 Å². The average molecular weight is 204 g/mol. The van der Waals surface area contributed by atoms with Gasteiger partial charge in [0.05, 0.1) is 6.61 Å². The molecule has 0 amide bonds. The van der Waals surface area contributed by atoms with E-state index >= 15 is 0 Å². The standard InChI is InChI=1S/C11H13BO3/c1-8(13)6-14-10-4-3-9-7-15-12(2)11(9)5-10/h3-5H,6-7H2,1-2H3. The summed E-state index contributed by atoms with van der Waals surface area (Å²) in [6.07, 6.45) is 0. The van der Waals surface area contributed by atoms with Gasteiger partial charge in [0, 0.05) is 0 Å². The molecule has 15 heavy (non-hydrogen) atoms. The van der Waals surface area contributed by atoms with Gasteiger partial charge in [-0.05, 0) is 30.1 Å². The highest BCUT2D eigenvalue weighted by Gasteiger charge is 2.23. The Morgan fingerprint density at radius 1 is 1.60 bits per heavy atom. The predicted molar refractivity (Wildman–Crippen MR) is 58.7 cm³/mol. The van der Waals surface area contributed by atoms with Crippen molar-refractivity contribution in [2.75, 3.05) is 6.61 Å². The number of Topliss-reactive ketones (excluding diaryl/α,β-unsaturated/α-hetero) is 1. The summed E-state index contributed by atoms with van der Waals surface area (Å²) in [6.45, 7) is 4.46. The Bertz CT molecular complexity index is 389. The molecule has 3 nitrogen and oxygen atoms in total. The Labute approximate surface area is 89.5 Å². The van der Waals surface area contributed by atoms with Gasteiger partial charge in [0.15, 0.2) is 5.78 Å². The first-order chi connectivity index (χ1) is 7.16. The second kappa shape index (κ2) is 4.07. The van der Waals surface area contributed by atoms with Crippen molar-refractivity contribution in [2.24, 2.45) is 0 Å². The summed E-state index contributed by atoms with van der Waals surface area (Å²) >= 11 is 0. The molecule has 1 aromatic rings. The van der Waals surface area contributed by atoms with Crippen LogP contribution in [0.2, 0.25) is 6.82 Å². The van der Waals surface area contributed by atoms with Crippen LogP contribution in [0.15, 0.2) is 18.2 Å². The third-order valence-corrected chi connectivity index (χ3v) is 2.49. The summed E-state index contributed by atoms with van der Waals surface area (Å²) in [5.74, 6) is 0.765. The lowest BCUT2D eigenvalue weighted by atomic mass is 9.64. The van der Waals surface area contributed by atoms with Gasteiger partial charge in [-0.15, -0.1) is 0 Å². The number of benzene rings is 1. The Morgan fingerprint density at radius 2 is 2.40 bits per heavy atom. The molecule has 0 fully saturated rings. The number of ether oxygens (including phenoxy) is 1. The molecule has 0 aliphatic carbocycles. The summed E-state index contributed by atoms with van der Waals surface area (Å²) < 4.78 is 10.8. The van der Waals surface area contributed by atoms with Crippen molar-refractivity contribution >= 4 is 18.2 Å². The molecule has 0 unspecified atom stereocenters. The smallest absolute Gasteiger partial charge is 0.324 e. The van der Waals surface area contributed by atoms with Gasteiger partial charge in [-0.1, -0.05) is 12.9 Å². The number of carbonyl (C=O) groups is 1. The summed E-state index contributed by atoms with van der Waals surface area (Å²) in [6, 6.07) is 5.83. The molecule has 0 spiro atoms. The maximum atomic E-state index is 10.8. The molecule has 0 saturated heterocycles. The van der Waals surface area contributed by atoms with Crippen LogP contribution in [0.5, 0.6) is 5.75 Å². The normalized spacial score (nSPS) is 13.9. The van der Waals surface area contributed by atoms with Crippen LogP contribution in [0.3, 0.4) is 0 Å². The van der Waals surface area contributed by atoms with Gasteiger partial charge in [-0.25, -0.2) is 0 Å². The lowest BCUT2D eigenvalue weighted by Crippen LogP contribution is -2.24. The fourth-order valence-corrected chi connectivity index (χ4v) is 1.66. The van der Waals surface area contributed by atoms with E-state index in [2.05, 4.69) is 0 Å². The number of ketones is 1. The maximum Gasteiger partial charge on any atom is 0.324 e. The number of rotatable bonds is 3. The van der Waals surface area contributed by atoms with Gasteiger partial charge in [0.1, 0.15) is 12.4 Å². The lowest BCUT2D eigenvalue weighted by Gasteiger charge is -2.06. The van der Waals surface area contributed by atoms with Gasteiger partial charge < -0.3 is 9.39 Å². The molecule has 1 aromatic carbocycles. The molecule has 1 aliphatic rings. The summed E-state index contributed by atoms with van der Waals surface area (Å²) in [5, 5.41) is 0. The molecular weight excluding hydrogens is 191 g/mol. The number of hydrogen-bond acceptors (Lipinski definition) is 3. The van der Waals surface area contributed by atoms with E-state index in [9.17, 15) is 4.79 Å². The van der Waals surface area contributed by atoms with E-state index in [1.54, 1.807) is 0 Å². The first-order valence-electron chi connectivity index (χ1n) is 5.03. The maximum absolute atomic E-state index is 10.8. The minimum atomic E-state index is 0.0276. The fraction of sp³-hybridized carbons (Fsp3) is 0.364. The molecular formula is C11H13BO3. The highest BCUT2D eigenvalue weighted by Crippen LogP contribution is 2.16. The zero-order valence-electron chi connectivity index (χ0n) is 8.95. The van der Waals surface area contributed by atoms with Gasteiger partial charge in [0.2, 0.25) is 0 Å². The van der Waals surface area contributed by atoms with Crippen molar-refractivity contribution in [3.05, 3.63) is 23.8 Å². The molecule has 0 radical (unpaired) electrons. The molecule has 78 valence electrons. The summed E-state index contributed by atoms with van der Waals surface area (Å²) in [7, 11) is 0. The monoisotopic (exact) mass is 204 g/mol. The Balaban J connectivity index is 2.14. The molecule has 1 heterocycles. The zero-order chi connectivity index (χ0) is 10.8. The van der Waals surface area contributed by atoms with E-state index in [4.69, 9.17) is 9.39 Å². The summed E-state index contributed by atoms with van der Waals surface area (Å²) in [4.78, 5) is 10.8. The van der Waals surface area contributed by atoms with Crippen LogP contribution in [0, 0.1) is 0 Å². The zero-order valence-corrected chi connectivity index (χ0v) is 8.95. The first-order valence-corrected chi connectivity index (χ1v) is 5.03. The fourth-order valence-electron chi connectivity index (χ4n) is 1.66. The van der Waals surface area contributed by atoms with Gasteiger partial charge in [-0.2, -0.15) is 0 Å². The number of carbonyl (C=O) groups excluding carboxylic acids is 1. The molecule has 0 bridgehead atoms. The van der Waals surface area contributed by atoms with Crippen LogP contribution in [-0.4, -0.2) is 19.3 Å². The molecule has 2 rings (SSSR count). The third kappa shape index (κ3) is 2.21. The van der Waals surface area contributed by atoms with Crippen LogP contribution in [0.1, 0.15) is 12.5 Å². The van der Waals surface area contributed by atoms with Crippen LogP contribution >= 0.6 is 0 Å². The first kappa shape index (κ1) is 10.2. The van der Waals surface area contributed by atoms with Crippen LogP contribution in [0.25, 0.3) is 0 Å². The van der Waals surface area contributed by atoms with Crippen molar-refractivity contribution < 1.29 is 14.2 Å². The van der Waals surface area contributed by atoms with Gasteiger partial charge in [-0.3, -0.25) is 4.79 Å². The topological polar surface area (TPSA) is 35.5 Å². The van der Waals surface area contributed by atoms with Crippen molar-refractivity contribution in [3.8, 4) is 5.75 Å². The van der Waals surface area contributed by atoms with E-state index in [1.165, 1.54) is 12.5 Å². The Morgan fingerprint density at radius 3 is 3.13 bits per heavy atom. The molecule has 0 atom stereocenters. The second-order valence-corrected chi connectivity index (χ2v) is 3.80. The highest BCUT2D eigenvalue weighted by molar-refractivity contribution is 6.67. The van der Waals surface area contributed by atoms with Gasteiger partial charge >= 0.3 is 6.92 Å². The SMILES string of the molecule is CB1OCc2ccc(OCC(C)=O)cc21. The minimum Gasteiger partial charge on any atom is -0.486 e. The van der Waals surface area contributed by atoms with Gasteiger partial charge in [0.25, 0.3) is 0 Å².